The predicted octanol–water partition coefficient (Wildman–Crippen LogP) is 4.63. The topological polar surface area (TPSA) is 80.3 Å². The van der Waals surface area contributed by atoms with E-state index in [4.69, 9.17) is 17.3 Å². The molecule has 2 aliphatic rings. The highest BCUT2D eigenvalue weighted by molar-refractivity contribution is 6.31. The van der Waals surface area contributed by atoms with Crippen LogP contribution in [0.15, 0.2) is 37.2 Å². The minimum atomic E-state index is -1.08. The summed E-state index contributed by atoms with van der Waals surface area (Å²) in [5, 5.41) is 1.47. The van der Waals surface area contributed by atoms with Gasteiger partial charge in [-0.2, -0.15) is 0 Å². The van der Waals surface area contributed by atoms with Crippen LogP contribution < -0.4 is 5.73 Å². The van der Waals surface area contributed by atoms with Gasteiger partial charge in [0.15, 0.2) is 0 Å². The van der Waals surface area contributed by atoms with Crippen LogP contribution >= 0.6 is 11.6 Å². The van der Waals surface area contributed by atoms with Crippen molar-refractivity contribution in [2.45, 2.75) is 45.4 Å². The Kier molecular flexibility index (Phi) is 7.17. The zero-order valence-electron chi connectivity index (χ0n) is 21.9. The Labute approximate surface area is 227 Å². The number of alkyl halides is 1. The Bertz CT molecular complexity index is 1470. The number of aryl methyl sites for hydroxylation is 1. The first-order chi connectivity index (χ1) is 18.2. The maximum Gasteiger partial charge on any atom is 0.246 e. The molecule has 0 saturated carbocycles. The van der Waals surface area contributed by atoms with Crippen molar-refractivity contribution < 1.29 is 9.18 Å². The molecule has 2 aliphatic heterocycles. The predicted molar refractivity (Wildman–Crippen MR) is 150 cm³/mol. The monoisotopic (exact) mass is 534 g/mol. The fourth-order valence-corrected chi connectivity index (χ4v) is 5.66. The number of nitrogen functional groups attached to an aromatic ring is 1. The zero-order chi connectivity index (χ0) is 27.1. The molecule has 0 spiro atoms. The Morgan fingerprint density at radius 2 is 2.05 bits per heavy atom. The molecule has 38 heavy (non-hydrogen) atoms. The summed E-state index contributed by atoms with van der Waals surface area (Å²) in [6, 6.07) is 5.80. The van der Waals surface area contributed by atoms with Gasteiger partial charge in [0, 0.05) is 48.2 Å². The van der Waals surface area contributed by atoms with Crippen LogP contribution in [-0.4, -0.2) is 68.6 Å². The molecule has 4 heterocycles. The fraction of sp³-hybridized carbons (Fsp3) is 0.414. The summed E-state index contributed by atoms with van der Waals surface area (Å²) >= 11 is 6.32. The molecular weight excluding hydrogens is 503 g/mol. The summed E-state index contributed by atoms with van der Waals surface area (Å²) in [6.45, 7) is 11.7. The van der Waals surface area contributed by atoms with Gasteiger partial charge in [0.05, 0.1) is 11.9 Å². The summed E-state index contributed by atoms with van der Waals surface area (Å²) in [4.78, 5) is 24.4. The molecule has 7 nitrogen and oxygen atoms in total. The van der Waals surface area contributed by atoms with E-state index < -0.39 is 6.17 Å². The van der Waals surface area contributed by atoms with E-state index in [1.807, 2.05) is 25.1 Å². The van der Waals surface area contributed by atoms with Crippen LogP contribution in [-0.2, 0) is 4.79 Å². The summed E-state index contributed by atoms with van der Waals surface area (Å²) in [5.41, 5.74) is 10.8. The minimum Gasteiger partial charge on any atom is -0.383 e. The van der Waals surface area contributed by atoms with Crippen molar-refractivity contribution in [3.8, 4) is 23.0 Å². The van der Waals surface area contributed by atoms with Gasteiger partial charge in [0.1, 0.15) is 29.7 Å². The van der Waals surface area contributed by atoms with E-state index in [2.05, 4.69) is 51.7 Å². The highest BCUT2D eigenvalue weighted by Crippen LogP contribution is 2.39. The minimum absolute atomic E-state index is 0.0897. The zero-order valence-corrected chi connectivity index (χ0v) is 22.7. The third-order valence-corrected chi connectivity index (χ3v) is 7.97. The molecule has 2 N–H and O–H groups in total. The lowest BCUT2D eigenvalue weighted by Gasteiger charge is -2.46. The van der Waals surface area contributed by atoms with E-state index in [0.29, 0.717) is 36.9 Å². The normalized spacial score (nSPS) is 20.3. The Hall–Kier alpha value is -3.41. The van der Waals surface area contributed by atoms with Gasteiger partial charge in [0.25, 0.3) is 0 Å². The molecule has 2 saturated heterocycles. The molecule has 9 heteroatoms. The molecule has 1 aromatic carbocycles. The number of hydrogen-bond donors (Lipinski definition) is 1. The van der Waals surface area contributed by atoms with Gasteiger partial charge >= 0.3 is 0 Å². The number of halogens is 2. The van der Waals surface area contributed by atoms with Gasteiger partial charge in [-0.1, -0.05) is 30.2 Å². The Morgan fingerprint density at radius 1 is 1.29 bits per heavy atom. The summed E-state index contributed by atoms with van der Waals surface area (Å²) < 4.78 is 17.0. The van der Waals surface area contributed by atoms with E-state index in [1.165, 1.54) is 17.3 Å². The van der Waals surface area contributed by atoms with Crippen molar-refractivity contribution in [1.29, 1.82) is 0 Å². The molecule has 2 fully saturated rings. The summed E-state index contributed by atoms with van der Waals surface area (Å²) in [5.74, 6) is 7.21. The van der Waals surface area contributed by atoms with Crippen LogP contribution in [0.4, 0.5) is 10.2 Å². The molecular formula is C29H32ClFN6O. The van der Waals surface area contributed by atoms with Crippen LogP contribution in [0.1, 0.15) is 37.6 Å². The third kappa shape index (κ3) is 4.65. The highest BCUT2D eigenvalue weighted by atomic mass is 35.5. The number of amides is 1. The van der Waals surface area contributed by atoms with Crippen molar-refractivity contribution in [2.75, 3.05) is 31.9 Å². The van der Waals surface area contributed by atoms with Crippen LogP contribution in [0.2, 0.25) is 5.02 Å². The Balaban J connectivity index is 1.45. The van der Waals surface area contributed by atoms with Gasteiger partial charge < -0.3 is 15.2 Å². The van der Waals surface area contributed by atoms with Crippen LogP contribution in [0.25, 0.3) is 22.2 Å². The Morgan fingerprint density at radius 3 is 2.71 bits per heavy atom. The molecule has 5 rings (SSSR count). The average molecular weight is 535 g/mol. The number of carbonyl (C=O) groups is 1. The van der Waals surface area contributed by atoms with Crippen molar-refractivity contribution >= 4 is 34.4 Å². The van der Waals surface area contributed by atoms with E-state index >= 15 is 0 Å². The van der Waals surface area contributed by atoms with Gasteiger partial charge in [-0.15, -0.1) is 0 Å². The molecule has 0 bridgehead atoms. The van der Waals surface area contributed by atoms with Crippen molar-refractivity contribution in [3.63, 3.8) is 0 Å². The lowest BCUT2D eigenvalue weighted by atomic mass is 9.92. The van der Waals surface area contributed by atoms with Crippen molar-refractivity contribution in [1.82, 2.24) is 24.3 Å². The average Bonchev–Trinajstić information content (AvgIpc) is 3.20. The maximum atomic E-state index is 14.9. The second-order valence-electron chi connectivity index (χ2n) is 10.4. The molecule has 198 valence electrons. The number of benzene rings is 1. The standard InChI is InChI=1S/C29H32ClFN6O/c1-5-25(38)35-11-10-23(22(31)15-35)36-13-19(14-36)6-9-24-26(20-7-8-21(30)18(4)12-20)27-28(32)33-16-34-29(27)37(24)17(2)3/h5,7-8,12,16-17,19,22-23H,1,10-11,13-15H2,2-4H3,(H2,32,33,34)/t22-,23+/m1/s1. The lowest BCUT2D eigenvalue weighted by molar-refractivity contribution is -0.130. The number of fused-ring (bicyclic) bond motifs is 1. The van der Waals surface area contributed by atoms with Crippen LogP contribution in [0.3, 0.4) is 0 Å². The third-order valence-electron chi connectivity index (χ3n) is 7.54. The molecule has 2 atom stereocenters. The van der Waals surface area contributed by atoms with Gasteiger partial charge in [-0.25, -0.2) is 14.4 Å². The first kappa shape index (κ1) is 26.2. The molecule has 0 radical (unpaired) electrons. The molecule has 0 unspecified atom stereocenters. The van der Waals surface area contributed by atoms with Crippen molar-refractivity contribution in [2.24, 2.45) is 5.92 Å². The number of nitrogens with zero attached hydrogens (tertiary/aromatic N) is 5. The van der Waals surface area contributed by atoms with E-state index in [0.717, 1.165) is 33.4 Å². The number of hydrogen-bond acceptors (Lipinski definition) is 5. The van der Waals surface area contributed by atoms with E-state index in [1.54, 1.807) is 0 Å². The second kappa shape index (κ2) is 10.4. The molecule has 1 amide bonds. The fourth-order valence-electron chi connectivity index (χ4n) is 5.54. The first-order valence-corrected chi connectivity index (χ1v) is 13.3. The smallest absolute Gasteiger partial charge is 0.246 e. The van der Waals surface area contributed by atoms with Gasteiger partial charge in [0.2, 0.25) is 5.91 Å². The largest absolute Gasteiger partial charge is 0.383 e. The van der Waals surface area contributed by atoms with E-state index in [-0.39, 0.29) is 30.5 Å². The first-order valence-electron chi connectivity index (χ1n) is 12.9. The highest BCUT2D eigenvalue weighted by Gasteiger charge is 2.39. The van der Waals surface area contributed by atoms with Crippen LogP contribution in [0, 0.1) is 24.7 Å². The summed E-state index contributed by atoms with van der Waals surface area (Å²) in [7, 11) is 0. The van der Waals surface area contributed by atoms with Crippen molar-refractivity contribution in [3.05, 3.63) is 53.5 Å². The number of aromatic nitrogens is 3. The molecule has 3 aromatic rings. The van der Waals surface area contributed by atoms with Gasteiger partial charge in [-0.3, -0.25) is 9.69 Å². The lowest BCUT2D eigenvalue weighted by Crippen LogP contribution is -2.60. The quantitative estimate of drug-likeness (QED) is 0.390. The second-order valence-corrected chi connectivity index (χ2v) is 10.8. The molecule has 2 aromatic heterocycles. The number of rotatable bonds is 4. The number of carbonyl (C=O) groups excluding carboxylic acids is 1. The number of nitrogens with two attached hydrogens (primary N) is 1. The van der Waals surface area contributed by atoms with E-state index in [9.17, 15) is 9.18 Å². The van der Waals surface area contributed by atoms with Crippen LogP contribution in [0.5, 0.6) is 0 Å². The number of piperidine rings is 1. The number of anilines is 1. The SMILES string of the molecule is C=CC(=O)N1CC[C@H](N2CC(C#Cc3c(-c4ccc(Cl)c(C)c4)c4c(N)ncnc4n3C(C)C)C2)[C@H](F)C1. The number of likely N-dealkylation sites (tertiary alicyclic amines) is 2. The molecule has 0 aliphatic carbocycles. The van der Waals surface area contributed by atoms with Gasteiger partial charge in [-0.05, 0) is 62.4 Å². The summed E-state index contributed by atoms with van der Waals surface area (Å²) in [6.07, 6.45) is 2.26. The maximum absolute atomic E-state index is 14.9.